The molecule has 0 radical (unpaired) electrons. The molecule has 2 aliphatic heterocycles. The molecule has 182 valence electrons. The first-order valence-corrected chi connectivity index (χ1v) is 11.8. The largest absolute Gasteiger partial charge is 0.466 e. The van der Waals surface area contributed by atoms with Gasteiger partial charge in [-0.15, -0.1) is 0 Å². The molecular formula is C29H27N3O4. The number of hydrogen-bond donors (Lipinski definition) is 2. The van der Waals surface area contributed by atoms with Crippen molar-refractivity contribution in [1.29, 1.82) is 0 Å². The van der Waals surface area contributed by atoms with E-state index in [4.69, 9.17) is 9.47 Å². The first kappa shape index (κ1) is 23.5. The van der Waals surface area contributed by atoms with Crippen LogP contribution in [0.2, 0.25) is 0 Å². The van der Waals surface area contributed by atoms with Gasteiger partial charge in [-0.3, -0.25) is 9.78 Å². The van der Waals surface area contributed by atoms with E-state index in [1.807, 2.05) is 84.9 Å². The fraction of sp³-hybridized carbons (Fsp3) is 0.207. The molecule has 0 aliphatic carbocycles. The number of carbonyl (C=O) groups is 2. The number of aromatic nitrogens is 1. The number of pyridine rings is 1. The number of para-hydroxylation sites is 1. The van der Waals surface area contributed by atoms with Crippen LogP contribution in [0.4, 0.5) is 5.69 Å². The minimum Gasteiger partial charge on any atom is -0.466 e. The van der Waals surface area contributed by atoms with Crippen molar-refractivity contribution in [3.63, 3.8) is 0 Å². The summed E-state index contributed by atoms with van der Waals surface area (Å²) in [5, 5.41) is 6.48. The second-order valence-electron chi connectivity index (χ2n) is 8.76. The molecule has 3 atom stereocenters. The highest BCUT2D eigenvalue weighted by atomic mass is 16.5. The van der Waals surface area contributed by atoms with Crippen LogP contribution in [0, 0.1) is 0 Å². The van der Waals surface area contributed by atoms with Crippen LogP contribution in [0.5, 0.6) is 0 Å². The Kier molecular flexibility index (Phi) is 6.64. The fourth-order valence-electron chi connectivity index (χ4n) is 4.83. The van der Waals surface area contributed by atoms with Gasteiger partial charge in [0.05, 0.1) is 24.3 Å². The molecule has 2 aliphatic rings. The van der Waals surface area contributed by atoms with E-state index in [9.17, 15) is 9.59 Å². The number of carbonyl (C=O) groups excluding carboxylic acids is 2. The fourth-order valence-corrected chi connectivity index (χ4v) is 4.83. The lowest BCUT2D eigenvalue weighted by atomic mass is 9.78. The molecular weight excluding hydrogens is 454 g/mol. The predicted octanol–water partition coefficient (Wildman–Crippen LogP) is 3.60. The molecule has 7 heteroatoms. The van der Waals surface area contributed by atoms with Crippen LogP contribution < -0.4 is 10.6 Å². The average molecular weight is 482 g/mol. The van der Waals surface area contributed by atoms with E-state index in [-0.39, 0.29) is 23.1 Å². The number of fused-ring (bicyclic) bond motifs is 2. The van der Waals surface area contributed by atoms with E-state index in [0.717, 1.165) is 16.8 Å². The molecule has 36 heavy (non-hydrogen) atoms. The summed E-state index contributed by atoms with van der Waals surface area (Å²) >= 11 is 0. The number of anilines is 1. The lowest BCUT2D eigenvalue weighted by Crippen LogP contribution is -2.49. The maximum atomic E-state index is 13.4. The SMILES string of the molecule is COC(=O)C1=C(C(=O)NCc2ccncc2)C2C=CC1(C(Cc1ccccc1)Nc1ccccc1)O2. The van der Waals surface area contributed by atoms with Crippen LogP contribution in [0.1, 0.15) is 11.1 Å². The smallest absolute Gasteiger partial charge is 0.337 e. The van der Waals surface area contributed by atoms with Crippen LogP contribution in [-0.4, -0.2) is 41.7 Å². The number of nitrogens with one attached hydrogen (secondary N) is 2. The van der Waals surface area contributed by atoms with Gasteiger partial charge in [-0.2, -0.15) is 0 Å². The third-order valence-electron chi connectivity index (χ3n) is 6.54. The molecule has 7 nitrogen and oxygen atoms in total. The first-order valence-electron chi connectivity index (χ1n) is 11.8. The van der Waals surface area contributed by atoms with Crippen molar-refractivity contribution in [1.82, 2.24) is 10.3 Å². The van der Waals surface area contributed by atoms with Gasteiger partial charge in [0.25, 0.3) is 5.91 Å². The maximum absolute atomic E-state index is 13.4. The van der Waals surface area contributed by atoms with Gasteiger partial charge < -0.3 is 20.1 Å². The highest BCUT2D eigenvalue weighted by molar-refractivity contribution is 6.07. The Bertz CT molecular complexity index is 1250. The summed E-state index contributed by atoms with van der Waals surface area (Å²) in [7, 11) is 1.32. The van der Waals surface area contributed by atoms with Crippen molar-refractivity contribution in [3.05, 3.63) is 120 Å². The standard InChI is InChI=1S/C29H27N3O4/c1-35-28(34)26-25(27(33)31-19-21-13-16-30-17-14-21)23-12-15-29(26,36-23)24(18-20-8-4-2-5-9-20)32-22-10-6-3-7-11-22/h2-17,23-24,32H,18-19H2,1H3,(H,31,33). The van der Waals surface area contributed by atoms with Gasteiger partial charge >= 0.3 is 5.97 Å². The lowest BCUT2D eigenvalue weighted by molar-refractivity contribution is -0.138. The van der Waals surface area contributed by atoms with Crippen molar-refractivity contribution < 1.29 is 19.1 Å². The lowest BCUT2D eigenvalue weighted by Gasteiger charge is -2.36. The second-order valence-corrected chi connectivity index (χ2v) is 8.76. The van der Waals surface area contributed by atoms with Gasteiger partial charge in [0.2, 0.25) is 0 Å². The van der Waals surface area contributed by atoms with Crippen molar-refractivity contribution in [2.45, 2.75) is 30.7 Å². The van der Waals surface area contributed by atoms with Crippen molar-refractivity contribution in [2.24, 2.45) is 0 Å². The molecule has 0 saturated heterocycles. The molecule has 0 fully saturated rings. The Morgan fingerprint density at radius 2 is 1.69 bits per heavy atom. The Morgan fingerprint density at radius 1 is 1.00 bits per heavy atom. The van der Waals surface area contributed by atoms with Crippen LogP contribution in [0.3, 0.4) is 0 Å². The molecule has 3 unspecified atom stereocenters. The number of esters is 1. The van der Waals surface area contributed by atoms with E-state index in [1.54, 1.807) is 12.4 Å². The minimum absolute atomic E-state index is 0.231. The molecule has 0 saturated carbocycles. The van der Waals surface area contributed by atoms with Crippen LogP contribution in [-0.2, 0) is 32.0 Å². The van der Waals surface area contributed by atoms with E-state index < -0.39 is 17.7 Å². The highest BCUT2D eigenvalue weighted by Crippen LogP contribution is 2.47. The number of rotatable bonds is 9. The summed E-state index contributed by atoms with van der Waals surface area (Å²) in [4.78, 5) is 30.6. The summed E-state index contributed by atoms with van der Waals surface area (Å²) < 4.78 is 11.6. The van der Waals surface area contributed by atoms with Gasteiger partial charge in [-0.25, -0.2) is 4.79 Å². The summed E-state index contributed by atoms with van der Waals surface area (Å²) in [5.74, 6) is -0.939. The molecule has 1 aromatic heterocycles. The highest BCUT2D eigenvalue weighted by Gasteiger charge is 2.58. The molecule has 3 aromatic rings. The number of benzene rings is 2. The summed E-state index contributed by atoms with van der Waals surface area (Å²) in [6.45, 7) is 0.304. The quantitative estimate of drug-likeness (QED) is 0.359. The third-order valence-corrected chi connectivity index (χ3v) is 6.54. The molecule has 2 bridgehead atoms. The first-order chi connectivity index (χ1) is 17.6. The van der Waals surface area contributed by atoms with Gasteiger partial charge in [-0.1, -0.05) is 54.6 Å². The third kappa shape index (κ3) is 4.53. The molecule has 2 aromatic carbocycles. The molecule has 3 heterocycles. The monoisotopic (exact) mass is 481 g/mol. The Labute approximate surface area is 209 Å². The molecule has 1 amide bonds. The summed E-state index contributed by atoms with van der Waals surface area (Å²) in [6, 6.07) is 23.0. The van der Waals surface area contributed by atoms with E-state index in [1.165, 1.54) is 7.11 Å². The van der Waals surface area contributed by atoms with Crippen LogP contribution in [0.25, 0.3) is 0 Å². The molecule has 5 rings (SSSR count). The Hall–Kier alpha value is -4.23. The minimum atomic E-state index is -1.17. The zero-order valence-corrected chi connectivity index (χ0v) is 19.9. The van der Waals surface area contributed by atoms with Crippen molar-refractivity contribution >= 4 is 17.6 Å². The predicted molar refractivity (Wildman–Crippen MR) is 136 cm³/mol. The van der Waals surface area contributed by atoms with Crippen molar-refractivity contribution in [2.75, 3.05) is 12.4 Å². The number of methoxy groups -OCH3 is 1. The summed E-state index contributed by atoms with van der Waals surface area (Å²) in [5.41, 5.74) is 2.20. The number of amides is 1. The maximum Gasteiger partial charge on any atom is 0.337 e. The van der Waals surface area contributed by atoms with Crippen molar-refractivity contribution in [3.8, 4) is 0 Å². The van der Waals surface area contributed by atoms with E-state index in [0.29, 0.717) is 13.0 Å². The van der Waals surface area contributed by atoms with Crippen LogP contribution in [0.15, 0.2) is 108 Å². The zero-order chi connectivity index (χ0) is 25.0. The number of nitrogens with zero attached hydrogens (tertiary/aromatic N) is 1. The van der Waals surface area contributed by atoms with E-state index >= 15 is 0 Å². The summed E-state index contributed by atoms with van der Waals surface area (Å²) in [6.07, 6.45) is 6.97. The Balaban J connectivity index is 1.52. The average Bonchev–Trinajstić information content (AvgIpc) is 3.51. The van der Waals surface area contributed by atoms with Gasteiger partial charge in [0.1, 0.15) is 11.7 Å². The Morgan fingerprint density at radius 3 is 2.39 bits per heavy atom. The van der Waals surface area contributed by atoms with Gasteiger partial charge in [-0.05, 0) is 47.9 Å². The number of hydrogen-bond acceptors (Lipinski definition) is 6. The topological polar surface area (TPSA) is 89.6 Å². The van der Waals surface area contributed by atoms with Crippen LogP contribution >= 0.6 is 0 Å². The van der Waals surface area contributed by atoms with E-state index in [2.05, 4.69) is 15.6 Å². The van der Waals surface area contributed by atoms with Gasteiger partial charge in [0, 0.05) is 24.6 Å². The number of ether oxygens (including phenoxy) is 2. The molecule has 0 spiro atoms. The van der Waals surface area contributed by atoms with Gasteiger partial charge in [0.15, 0.2) is 0 Å². The zero-order valence-electron chi connectivity index (χ0n) is 19.9. The normalized spacial score (nSPS) is 20.8. The second kappa shape index (κ2) is 10.2. The molecule has 2 N–H and O–H groups in total.